The number of ether oxygens (including phenoxy) is 2. The number of carbonyl (C=O) groups is 1. The molecule has 38 heavy (non-hydrogen) atoms. The number of fused-ring (bicyclic) bond motifs is 1. The molecule has 2 atom stereocenters. The van der Waals surface area contributed by atoms with Gasteiger partial charge in [0.2, 0.25) is 0 Å². The second kappa shape index (κ2) is 10.3. The second-order valence-corrected chi connectivity index (χ2v) is 10.5. The lowest BCUT2D eigenvalue weighted by Crippen LogP contribution is -2.21. The molecule has 8 nitrogen and oxygen atoms in total. The fraction of sp³-hybridized carbons (Fsp3) is 0.400. The van der Waals surface area contributed by atoms with Gasteiger partial charge in [0.05, 0.1) is 12.1 Å². The zero-order valence-corrected chi connectivity index (χ0v) is 21.5. The summed E-state index contributed by atoms with van der Waals surface area (Å²) in [6, 6.07) is 16.4. The molecule has 2 unspecified atom stereocenters. The largest absolute Gasteiger partial charge is 0.492 e. The molecule has 1 amide bonds. The van der Waals surface area contributed by atoms with E-state index >= 15 is 0 Å². The van der Waals surface area contributed by atoms with Gasteiger partial charge in [-0.2, -0.15) is 10.4 Å². The number of nitrogens with zero attached hydrogens (tertiary/aromatic N) is 4. The number of nitriles is 1. The van der Waals surface area contributed by atoms with Gasteiger partial charge in [-0.05, 0) is 85.4 Å². The number of allylic oxidation sites excluding steroid dienone is 2. The van der Waals surface area contributed by atoms with Crippen LogP contribution in [0.4, 0.5) is 10.5 Å². The summed E-state index contributed by atoms with van der Waals surface area (Å²) in [6.45, 7) is 3.01. The minimum absolute atomic E-state index is 0.0609. The fourth-order valence-corrected chi connectivity index (χ4v) is 5.59. The molecule has 1 heterocycles. The van der Waals surface area contributed by atoms with Gasteiger partial charge in [0.25, 0.3) is 0 Å². The van der Waals surface area contributed by atoms with E-state index in [0.29, 0.717) is 36.2 Å². The monoisotopic (exact) mass is 509 g/mol. The number of anilines is 1. The third kappa shape index (κ3) is 4.89. The molecule has 1 N–H and O–H groups in total. The topological polar surface area (TPSA) is 102 Å². The highest BCUT2D eigenvalue weighted by atomic mass is 16.6. The fourth-order valence-electron chi connectivity index (χ4n) is 5.59. The van der Waals surface area contributed by atoms with Crippen LogP contribution in [0.1, 0.15) is 61.6 Å². The lowest BCUT2D eigenvalue weighted by molar-refractivity contribution is 0.108. The van der Waals surface area contributed by atoms with E-state index in [2.05, 4.69) is 27.5 Å². The molecule has 6 rings (SSSR count). The van der Waals surface area contributed by atoms with Crippen LogP contribution in [0.3, 0.4) is 0 Å². The Hall–Kier alpha value is -4.12. The van der Waals surface area contributed by atoms with Gasteiger partial charge in [-0.1, -0.05) is 24.6 Å². The summed E-state index contributed by atoms with van der Waals surface area (Å²) in [5.74, 6) is 1.93. The molecule has 8 heteroatoms. The van der Waals surface area contributed by atoms with E-state index in [9.17, 15) is 10.1 Å². The standard InChI is InChI=1S/C30H31N5O3/c1-19(20-5-6-20)38-30(36)34-23-9-7-22(8-10-23)29-27(16-31)26-15-24(37-14-13-35-18-32-17-33-35)11-12-25(26)28(29)21-3-2-4-21/h7-12,15,17-21,28H,2-6,13-14H2,1H3,(H,34,36). The van der Waals surface area contributed by atoms with Gasteiger partial charge in [0, 0.05) is 17.2 Å². The normalized spacial score (nSPS) is 19.3. The predicted molar refractivity (Wildman–Crippen MR) is 143 cm³/mol. The summed E-state index contributed by atoms with van der Waals surface area (Å²) in [6.07, 6.45) is 8.48. The summed E-state index contributed by atoms with van der Waals surface area (Å²) >= 11 is 0. The molecule has 0 spiro atoms. The Morgan fingerprint density at radius 1 is 1.18 bits per heavy atom. The van der Waals surface area contributed by atoms with Crippen molar-refractivity contribution in [3.63, 3.8) is 0 Å². The number of aromatic nitrogens is 3. The van der Waals surface area contributed by atoms with Crippen LogP contribution < -0.4 is 10.1 Å². The van der Waals surface area contributed by atoms with Crippen LogP contribution >= 0.6 is 0 Å². The number of hydrogen-bond donors (Lipinski definition) is 1. The van der Waals surface area contributed by atoms with E-state index in [0.717, 1.165) is 48.1 Å². The molecule has 0 bridgehead atoms. The van der Waals surface area contributed by atoms with Crippen LogP contribution in [-0.2, 0) is 11.3 Å². The molecule has 3 aromatic rings. The molecular weight excluding hydrogens is 478 g/mol. The first-order valence-electron chi connectivity index (χ1n) is 13.4. The quantitative estimate of drug-likeness (QED) is 0.378. The predicted octanol–water partition coefficient (Wildman–Crippen LogP) is 6.04. The summed E-state index contributed by atoms with van der Waals surface area (Å²) in [5, 5.41) is 17.2. The number of carbonyl (C=O) groups excluding carboxylic acids is 1. The Labute approximate surface area is 222 Å². The highest BCUT2D eigenvalue weighted by Crippen LogP contribution is 2.55. The van der Waals surface area contributed by atoms with Gasteiger partial charge >= 0.3 is 6.09 Å². The lowest BCUT2D eigenvalue weighted by Gasteiger charge is -2.34. The second-order valence-electron chi connectivity index (χ2n) is 10.5. The average Bonchev–Trinajstić information content (AvgIpc) is 3.53. The van der Waals surface area contributed by atoms with Crippen LogP contribution in [0.25, 0.3) is 11.1 Å². The highest BCUT2D eigenvalue weighted by Gasteiger charge is 2.40. The van der Waals surface area contributed by atoms with Crippen molar-refractivity contribution >= 4 is 22.9 Å². The van der Waals surface area contributed by atoms with Crippen LogP contribution in [0.2, 0.25) is 0 Å². The Morgan fingerprint density at radius 2 is 2.00 bits per heavy atom. The van der Waals surface area contributed by atoms with E-state index < -0.39 is 6.09 Å². The first-order chi connectivity index (χ1) is 18.6. The minimum Gasteiger partial charge on any atom is -0.492 e. The maximum Gasteiger partial charge on any atom is 0.411 e. The van der Waals surface area contributed by atoms with Crippen molar-refractivity contribution in [2.24, 2.45) is 11.8 Å². The molecule has 1 aromatic heterocycles. The summed E-state index contributed by atoms with van der Waals surface area (Å²) < 4.78 is 13.2. The van der Waals surface area contributed by atoms with Gasteiger partial charge in [-0.25, -0.2) is 14.5 Å². The maximum atomic E-state index is 12.3. The minimum atomic E-state index is -0.425. The van der Waals surface area contributed by atoms with E-state index in [1.54, 1.807) is 11.0 Å². The summed E-state index contributed by atoms with van der Waals surface area (Å²) in [4.78, 5) is 16.3. The number of hydrogen-bond acceptors (Lipinski definition) is 6. The van der Waals surface area contributed by atoms with Crippen molar-refractivity contribution in [2.45, 2.75) is 57.6 Å². The number of nitrogens with one attached hydrogen (secondary N) is 1. The molecule has 2 aromatic carbocycles. The van der Waals surface area contributed by atoms with Gasteiger partial charge < -0.3 is 9.47 Å². The highest BCUT2D eigenvalue weighted by molar-refractivity contribution is 6.05. The van der Waals surface area contributed by atoms with E-state index in [4.69, 9.17) is 9.47 Å². The molecule has 3 aliphatic carbocycles. The van der Waals surface area contributed by atoms with Crippen molar-refractivity contribution in [1.82, 2.24) is 14.8 Å². The molecule has 194 valence electrons. The summed E-state index contributed by atoms with van der Waals surface area (Å²) in [7, 11) is 0. The van der Waals surface area contributed by atoms with Gasteiger partial charge in [-0.3, -0.25) is 5.32 Å². The van der Waals surface area contributed by atoms with E-state index in [-0.39, 0.29) is 12.0 Å². The number of amides is 1. The maximum absolute atomic E-state index is 12.3. The SMILES string of the molecule is CC(OC(=O)Nc1ccc(C2=C(C#N)c3cc(OCCn4cncn4)ccc3C2C2CCC2)cc1)C1CC1. The van der Waals surface area contributed by atoms with Crippen molar-refractivity contribution in [1.29, 1.82) is 5.26 Å². The molecule has 0 aliphatic heterocycles. The third-order valence-electron chi connectivity index (χ3n) is 8.02. The van der Waals surface area contributed by atoms with Crippen molar-refractivity contribution < 1.29 is 14.3 Å². The van der Waals surface area contributed by atoms with Gasteiger partial charge in [0.1, 0.15) is 37.2 Å². The zero-order valence-electron chi connectivity index (χ0n) is 21.5. The van der Waals surface area contributed by atoms with Crippen molar-refractivity contribution in [2.75, 3.05) is 11.9 Å². The molecule has 2 fully saturated rings. The molecule has 0 radical (unpaired) electrons. The third-order valence-corrected chi connectivity index (χ3v) is 8.02. The zero-order chi connectivity index (χ0) is 26.1. The van der Waals surface area contributed by atoms with Gasteiger partial charge in [0.15, 0.2) is 0 Å². The Kier molecular flexibility index (Phi) is 6.59. The van der Waals surface area contributed by atoms with Crippen LogP contribution in [0.15, 0.2) is 55.1 Å². The Morgan fingerprint density at radius 3 is 2.66 bits per heavy atom. The first kappa shape index (κ1) is 24.2. The van der Waals surface area contributed by atoms with Crippen molar-refractivity contribution in [3.05, 3.63) is 71.8 Å². The summed E-state index contributed by atoms with van der Waals surface area (Å²) in [5.41, 5.74) is 5.62. The van der Waals surface area contributed by atoms with E-state index in [1.165, 1.54) is 18.3 Å². The molecule has 0 saturated heterocycles. The van der Waals surface area contributed by atoms with E-state index in [1.807, 2.05) is 43.3 Å². The molecule has 3 aliphatic rings. The number of benzene rings is 2. The van der Waals surface area contributed by atoms with Gasteiger partial charge in [-0.15, -0.1) is 0 Å². The molecule has 2 saturated carbocycles. The smallest absolute Gasteiger partial charge is 0.411 e. The van der Waals surface area contributed by atoms with Crippen LogP contribution in [0.5, 0.6) is 5.75 Å². The van der Waals surface area contributed by atoms with Crippen LogP contribution in [0, 0.1) is 23.2 Å². The average molecular weight is 510 g/mol. The Balaban J connectivity index is 1.23. The lowest BCUT2D eigenvalue weighted by atomic mass is 9.70. The first-order valence-corrected chi connectivity index (χ1v) is 13.4. The van der Waals surface area contributed by atoms with Crippen LogP contribution in [-0.4, -0.2) is 33.6 Å². The van der Waals surface area contributed by atoms with Crippen molar-refractivity contribution in [3.8, 4) is 11.8 Å². The molecular formula is C30H31N5O3. The number of rotatable bonds is 9. The Bertz CT molecular complexity index is 1380.